The van der Waals surface area contributed by atoms with E-state index in [4.69, 9.17) is 14.6 Å². The second-order valence-electron chi connectivity index (χ2n) is 13.1. The minimum Gasteiger partial charge on any atom is -0.494 e. The Morgan fingerprint density at radius 3 is 1.51 bits per heavy atom. The monoisotopic (exact) mass is 765 g/mol. The maximum absolute atomic E-state index is 13.4. The maximum Gasteiger partial charge on any atom is 0.341 e. The number of hydrogen-bond acceptors (Lipinski definition) is 8. The quantitative estimate of drug-likeness (QED) is 0.140. The second kappa shape index (κ2) is 14.8. The molecule has 0 spiro atoms. The Balaban J connectivity index is 0.000000174. The first kappa shape index (κ1) is 37.6. The number of amides is 1. The van der Waals surface area contributed by atoms with Crippen LogP contribution in [0.1, 0.15) is 63.9 Å². The first-order valence-corrected chi connectivity index (χ1v) is 17.5. The third-order valence-corrected chi connectivity index (χ3v) is 9.88. The van der Waals surface area contributed by atoms with E-state index < -0.39 is 22.7 Å². The van der Waals surface area contributed by atoms with Crippen LogP contribution in [-0.2, 0) is 0 Å². The van der Waals surface area contributed by atoms with Gasteiger partial charge in [0.15, 0.2) is 0 Å². The van der Waals surface area contributed by atoms with Gasteiger partial charge in [-0.1, -0.05) is 12.1 Å². The van der Waals surface area contributed by atoms with Gasteiger partial charge in [0.1, 0.15) is 34.0 Å². The fraction of sp³-hybridized carbons (Fsp3) is 0.116. The molecule has 2 aromatic carbocycles. The van der Waals surface area contributed by atoms with Crippen molar-refractivity contribution in [3.63, 3.8) is 0 Å². The standard InChI is InChI=1S/C22H19N3O4.C21H16N2O5/c1-12-18(25-9-5-4-6-17(25)21(12)29-3)19(26)13-7-8-16-14(10-13)20(27)15(11-24-16)22(28)23-2;1-11-17(23-8-4-3-5-16(23)20(11)28-2)18(24)12-6-7-15-13(9-12)19(25)14(10-22-15)21(26)27/h4-11H,1-3H3,(H,23,28)(H,24,27);3-10H,1-2H3,(H,22,25)(H,26,27). The molecule has 0 aliphatic rings. The van der Waals surface area contributed by atoms with Crippen LogP contribution in [0.4, 0.5) is 0 Å². The van der Waals surface area contributed by atoms with Gasteiger partial charge in [-0.2, -0.15) is 0 Å². The van der Waals surface area contributed by atoms with E-state index in [1.165, 1.54) is 25.4 Å². The number of methoxy groups -OCH3 is 2. The number of nitrogens with one attached hydrogen (secondary N) is 3. The SMILES string of the molecule is CNC(=O)c1c[nH]c2ccc(C(=O)c3c(C)c(OC)c4ccccn34)cc2c1=O.COc1c(C)c(C(=O)c2ccc3[nH]cc(C(=O)O)c(=O)c3c2)n2ccccc12. The lowest BCUT2D eigenvalue weighted by molar-refractivity contribution is 0.0694. The van der Waals surface area contributed by atoms with E-state index in [0.29, 0.717) is 45.0 Å². The van der Waals surface area contributed by atoms with Crippen LogP contribution in [-0.4, -0.2) is 68.6 Å². The minimum atomic E-state index is -1.32. The molecule has 0 bridgehead atoms. The molecular formula is C43H35N5O9. The summed E-state index contributed by atoms with van der Waals surface area (Å²) in [5.41, 5.74) is 4.06. The number of aromatic amines is 2. The number of hydrogen-bond donors (Lipinski definition) is 4. The Morgan fingerprint density at radius 2 is 1.09 bits per heavy atom. The van der Waals surface area contributed by atoms with E-state index in [-0.39, 0.29) is 39.0 Å². The van der Waals surface area contributed by atoms with E-state index in [0.717, 1.165) is 22.8 Å². The van der Waals surface area contributed by atoms with E-state index in [1.54, 1.807) is 66.6 Å². The lowest BCUT2D eigenvalue weighted by Crippen LogP contribution is -2.25. The Morgan fingerprint density at radius 1 is 0.649 bits per heavy atom. The van der Waals surface area contributed by atoms with E-state index in [1.807, 2.05) is 43.3 Å². The molecule has 8 aromatic rings. The summed E-state index contributed by atoms with van der Waals surface area (Å²) in [7, 11) is 4.58. The van der Waals surface area contributed by atoms with Gasteiger partial charge in [-0.05, 0) is 74.5 Å². The summed E-state index contributed by atoms with van der Waals surface area (Å²) >= 11 is 0. The number of benzene rings is 2. The normalized spacial score (nSPS) is 11.0. The van der Waals surface area contributed by atoms with Crippen LogP contribution >= 0.6 is 0 Å². The van der Waals surface area contributed by atoms with Crippen molar-refractivity contribution < 1.29 is 33.8 Å². The molecule has 14 nitrogen and oxygen atoms in total. The molecule has 0 fully saturated rings. The minimum absolute atomic E-state index is 0.00409. The van der Waals surface area contributed by atoms with Gasteiger partial charge >= 0.3 is 5.97 Å². The first-order valence-electron chi connectivity index (χ1n) is 17.5. The van der Waals surface area contributed by atoms with Crippen LogP contribution in [0.25, 0.3) is 32.8 Å². The molecule has 0 saturated carbocycles. The van der Waals surface area contributed by atoms with E-state index in [2.05, 4.69) is 15.3 Å². The van der Waals surface area contributed by atoms with Gasteiger partial charge in [-0.3, -0.25) is 24.0 Å². The number of nitrogens with zero attached hydrogens (tertiary/aromatic N) is 2. The number of aromatic nitrogens is 4. The lowest BCUT2D eigenvalue weighted by atomic mass is 10.0. The summed E-state index contributed by atoms with van der Waals surface area (Å²) in [6.07, 6.45) is 6.11. The summed E-state index contributed by atoms with van der Waals surface area (Å²) in [4.78, 5) is 80.8. The molecule has 4 N–H and O–H groups in total. The molecule has 0 aliphatic carbocycles. The smallest absolute Gasteiger partial charge is 0.341 e. The average Bonchev–Trinajstić information content (AvgIpc) is 3.68. The van der Waals surface area contributed by atoms with Gasteiger partial charge in [-0.25, -0.2) is 4.79 Å². The van der Waals surface area contributed by atoms with E-state index in [9.17, 15) is 28.8 Å². The van der Waals surface area contributed by atoms with Crippen LogP contribution in [0.3, 0.4) is 0 Å². The number of pyridine rings is 4. The maximum atomic E-state index is 13.4. The van der Waals surface area contributed by atoms with E-state index >= 15 is 0 Å². The van der Waals surface area contributed by atoms with Crippen LogP contribution < -0.4 is 25.6 Å². The predicted molar refractivity (Wildman–Crippen MR) is 214 cm³/mol. The number of carbonyl (C=O) groups excluding carboxylic acids is 3. The predicted octanol–water partition coefficient (Wildman–Crippen LogP) is 5.72. The Hall–Kier alpha value is -7.74. The molecule has 8 rings (SSSR count). The number of ether oxygens (including phenoxy) is 2. The summed E-state index contributed by atoms with van der Waals surface area (Å²) in [6, 6.07) is 20.6. The molecule has 0 saturated heterocycles. The molecule has 286 valence electrons. The zero-order valence-electron chi connectivity index (χ0n) is 31.3. The zero-order valence-corrected chi connectivity index (χ0v) is 31.3. The Labute approximate surface area is 322 Å². The van der Waals surface area contributed by atoms with Crippen molar-refractivity contribution >= 4 is 56.3 Å². The lowest BCUT2D eigenvalue weighted by Gasteiger charge is -2.06. The molecule has 0 radical (unpaired) electrons. The third-order valence-electron chi connectivity index (χ3n) is 9.88. The van der Waals surface area contributed by atoms with Crippen molar-refractivity contribution in [2.75, 3.05) is 21.3 Å². The van der Waals surface area contributed by atoms with Crippen LogP contribution in [0.5, 0.6) is 11.5 Å². The number of aromatic carboxylic acids is 1. The molecule has 57 heavy (non-hydrogen) atoms. The number of H-pyrrole nitrogens is 2. The first-order chi connectivity index (χ1) is 27.4. The van der Waals surface area contributed by atoms with Crippen molar-refractivity contribution in [2.45, 2.75) is 13.8 Å². The van der Waals surface area contributed by atoms with Crippen LogP contribution in [0, 0.1) is 13.8 Å². The fourth-order valence-corrected chi connectivity index (χ4v) is 7.14. The molecule has 6 heterocycles. The number of ketones is 2. The highest BCUT2D eigenvalue weighted by Crippen LogP contribution is 2.33. The summed E-state index contributed by atoms with van der Waals surface area (Å²) in [5.74, 6) is -1.09. The van der Waals surface area contributed by atoms with Crippen molar-refractivity contribution in [3.8, 4) is 11.5 Å². The van der Waals surface area contributed by atoms with Crippen molar-refractivity contribution in [1.82, 2.24) is 24.1 Å². The summed E-state index contributed by atoms with van der Waals surface area (Å²) < 4.78 is 14.5. The summed E-state index contributed by atoms with van der Waals surface area (Å²) in [6.45, 7) is 3.63. The highest BCUT2D eigenvalue weighted by Gasteiger charge is 2.25. The highest BCUT2D eigenvalue weighted by molar-refractivity contribution is 6.13. The topological polar surface area (TPSA) is 194 Å². The molecule has 1 amide bonds. The van der Waals surface area contributed by atoms with Crippen molar-refractivity contribution in [1.29, 1.82) is 0 Å². The number of rotatable bonds is 8. The van der Waals surface area contributed by atoms with Gasteiger partial charge in [0.25, 0.3) is 5.91 Å². The molecule has 0 atom stereocenters. The number of carboxylic acid groups (broad SMARTS) is 1. The third kappa shape index (κ3) is 6.28. The van der Waals surface area contributed by atoms with Gasteiger partial charge in [0, 0.05) is 75.9 Å². The number of carboxylic acids is 1. The van der Waals surface area contributed by atoms with Gasteiger partial charge in [0.05, 0.1) is 25.3 Å². The van der Waals surface area contributed by atoms with Crippen molar-refractivity contribution in [2.24, 2.45) is 0 Å². The molecule has 0 aliphatic heterocycles. The zero-order chi connectivity index (χ0) is 40.7. The summed E-state index contributed by atoms with van der Waals surface area (Å²) in [5, 5.41) is 12.0. The molecular weight excluding hydrogens is 730 g/mol. The van der Waals surface area contributed by atoms with Crippen LogP contribution in [0.2, 0.25) is 0 Å². The average molecular weight is 766 g/mol. The van der Waals surface area contributed by atoms with Gasteiger partial charge in [-0.15, -0.1) is 0 Å². The van der Waals surface area contributed by atoms with Gasteiger partial charge < -0.3 is 38.7 Å². The number of fused-ring (bicyclic) bond motifs is 4. The Bertz CT molecular complexity index is 3090. The Kier molecular flexibility index (Phi) is 9.77. The number of carbonyl (C=O) groups is 4. The largest absolute Gasteiger partial charge is 0.494 e. The highest BCUT2D eigenvalue weighted by atomic mass is 16.5. The second-order valence-corrected chi connectivity index (χ2v) is 13.1. The van der Waals surface area contributed by atoms with Crippen LogP contribution in [0.15, 0.2) is 107 Å². The fourth-order valence-electron chi connectivity index (χ4n) is 7.14. The molecule has 6 aromatic heterocycles. The molecule has 14 heteroatoms. The van der Waals surface area contributed by atoms with Crippen molar-refractivity contribution in [3.05, 3.63) is 163 Å². The van der Waals surface area contributed by atoms with Gasteiger partial charge in [0.2, 0.25) is 22.4 Å². The molecule has 0 unspecified atom stereocenters.